The Bertz CT molecular complexity index is 891. The topological polar surface area (TPSA) is 58.1 Å². The molecule has 5 nitrogen and oxygen atoms in total. The van der Waals surface area contributed by atoms with Gasteiger partial charge in [-0.2, -0.15) is 0 Å². The summed E-state index contributed by atoms with van der Waals surface area (Å²) in [6, 6.07) is 14.5. The Morgan fingerprint density at radius 1 is 1.15 bits per heavy atom. The molecule has 4 rings (SSSR count). The molecule has 1 fully saturated rings. The van der Waals surface area contributed by atoms with Gasteiger partial charge in [0.2, 0.25) is 5.91 Å². The van der Waals surface area contributed by atoms with Crippen LogP contribution in [0, 0.1) is 5.92 Å². The van der Waals surface area contributed by atoms with Gasteiger partial charge < -0.3 is 10.2 Å². The molecule has 132 valence electrons. The summed E-state index contributed by atoms with van der Waals surface area (Å²) in [4.78, 5) is 23.3. The molecule has 5 heteroatoms. The van der Waals surface area contributed by atoms with Gasteiger partial charge in [-0.3, -0.25) is 9.78 Å². The molecule has 0 aliphatic carbocycles. The summed E-state index contributed by atoms with van der Waals surface area (Å²) in [5, 5.41) is 5.53. The monoisotopic (exact) mass is 346 g/mol. The summed E-state index contributed by atoms with van der Waals surface area (Å²) >= 11 is 0. The van der Waals surface area contributed by atoms with Crippen LogP contribution in [0.4, 0.5) is 5.82 Å². The maximum atomic E-state index is 12.7. The predicted octanol–water partition coefficient (Wildman–Crippen LogP) is 3.16. The van der Waals surface area contributed by atoms with Crippen molar-refractivity contribution >= 4 is 22.5 Å². The number of rotatable bonds is 4. The Labute approximate surface area is 153 Å². The zero-order chi connectivity index (χ0) is 17.8. The molecule has 1 aliphatic heterocycles. The van der Waals surface area contributed by atoms with Crippen LogP contribution >= 0.6 is 0 Å². The maximum absolute atomic E-state index is 12.7. The highest BCUT2D eigenvalue weighted by Crippen LogP contribution is 2.22. The summed E-state index contributed by atoms with van der Waals surface area (Å²) in [5.74, 6) is 0.950. The molecular formula is C21H22N4O. The Morgan fingerprint density at radius 3 is 2.92 bits per heavy atom. The number of nitrogens with one attached hydrogen (secondary N) is 1. The molecule has 3 aromatic rings. The molecule has 0 saturated carbocycles. The molecule has 0 bridgehead atoms. The number of anilines is 1. The normalized spacial score (nSPS) is 17.2. The number of piperidine rings is 1. The van der Waals surface area contributed by atoms with Crippen molar-refractivity contribution in [1.82, 2.24) is 15.3 Å². The summed E-state index contributed by atoms with van der Waals surface area (Å²) in [7, 11) is 0. The second-order valence-corrected chi connectivity index (χ2v) is 6.70. The maximum Gasteiger partial charge on any atom is 0.225 e. The van der Waals surface area contributed by atoms with Gasteiger partial charge in [0, 0.05) is 32.0 Å². The summed E-state index contributed by atoms with van der Waals surface area (Å²) in [6.07, 6.45) is 7.03. The van der Waals surface area contributed by atoms with Crippen molar-refractivity contribution in [3.63, 3.8) is 0 Å². The minimum Gasteiger partial charge on any atom is -0.355 e. The van der Waals surface area contributed by atoms with Crippen LogP contribution in [0.1, 0.15) is 18.4 Å². The van der Waals surface area contributed by atoms with Crippen LogP contribution in [0.3, 0.4) is 0 Å². The fourth-order valence-electron chi connectivity index (χ4n) is 3.63. The van der Waals surface area contributed by atoms with Crippen molar-refractivity contribution < 1.29 is 4.79 Å². The van der Waals surface area contributed by atoms with Gasteiger partial charge in [-0.1, -0.05) is 42.5 Å². The third-order valence-electron chi connectivity index (χ3n) is 5.00. The van der Waals surface area contributed by atoms with E-state index in [2.05, 4.69) is 44.5 Å². The number of amides is 1. The van der Waals surface area contributed by atoms with E-state index in [1.54, 1.807) is 18.6 Å². The Balaban J connectivity index is 1.41. The van der Waals surface area contributed by atoms with Crippen LogP contribution in [0.25, 0.3) is 10.8 Å². The molecule has 26 heavy (non-hydrogen) atoms. The molecule has 1 atom stereocenters. The van der Waals surface area contributed by atoms with Crippen molar-refractivity contribution in [2.24, 2.45) is 5.92 Å². The van der Waals surface area contributed by atoms with Crippen molar-refractivity contribution in [3.8, 4) is 0 Å². The number of carbonyl (C=O) groups excluding carboxylic acids is 1. The predicted molar refractivity (Wildman–Crippen MR) is 103 cm³/mol. The molecule has 0 radical (unpaired) electrons. The molecule has 1 aromatic heterocycles. The summed E-state index contributed by atoms with van der Waals surface area (Å²) in [5.41, 5.74) is 1.15. The first-order valence-corrected chi connectivity index (χ1v) is 9.06. The quantitative estimate of drug-likeness (QED) is 0.788. The van der Waals surface area contributed by atoms with Crippen molar-refractivity contribution in [2.75, 3.05) is 18.0 Å². The van der Waals surface area contributed by atoms with Gasteiger partial charge >= 0.3 is 0 Å². The number of aromatic nitrogens is 2. The summed E-state index contributed by atoms with van der Waals surface area (Å²) in [6.45, 7) is 2.17. The fourth-order valence-corrected chi connectivity index (χ4v) is 3.63. The minimum atomic E-state index is -0.0132. The van der Waals surface area contributed by atoms with Gasteiger partial charge in [0.15, 0.2) is 0 Å². The lowest BCUT2D eigenvalue weighted by molar-refractivity contribution is -0.125. The van der Waals surface area contributed by atoms with Crippen LogP contribution in [-0.2, 0) is 11.3 Å². The molecule has 1 aliphatic rings. The van der Waals surface area contributed by atoms with Crippen molar-refractivity contribution in [3.05, 3.63) is 66.6 Å². The highest BCUT2D eigenvalue weighted by Gasteiger charge is 2.26. The van der Waals surface area contributed by atoms with Gasteiger partial charge in [-0.15, -0.1) is 0 Å². The standard InChI is InChI=1S/C21H22N4O/c26-21(18-8-4-12-25(15-18)20-14-22-10-11-23-20)24-13-17-7-3-6-16-5-1-2-9-19(16)17/h1-3,5-7,9-11,14,18H,4,8,12-13,15H2,(H,24,26)/t18-/m0/s1. The number of hydrogen-bond acceptors (Lipinski definition) is 4. The summed E-state index contributed by atoms with van der Waals surface area (Å²) < 4.78 is 0. The van der Waals surface area contributed by atoms with E-state index < -0.39 is 0 Å². The van der Waals surface area contributed by atoms with Crippen LogP contribution in [0.2, 0.25) is 0 Å². The van der Waals surface area contributed by atoms with E-state index in [0.717, 1.165) is 30.8 Å². The highest BCUT2D eigenvalue weighted by atomic mass is 16.1. The number of fused-ring (bicyclic) bond motifs is 1. The van der Waals surface area contributed by atoms with E-state index in [9.17, 15) is 4.79 Å². The highest BCUT2D eigenvalue weighted by molar-refractivity contribution is 5.86. The molecule has 0 unspecified atom stereocenters. The smallest absolute Gasteiger partial charge is 0.225 e. The third-order valence-corrected chi connectivity index (χ3v) is 5.00. The van der Waals surface area contributed by atoms with E-state index in [0.29, 0.717) is 13.1 Å². The number of nitrogens with zero attached hydrogens (tertiary/aromatic N) is 3. The van der Waals surface area contributed by atoms with Gasteiger partial charge in [-0.05, 0) is 29.2 Å². The lowest BCUT2D eigenvalue weighted by Crippen LogP contribution is -2.43. The lowest BCUT2D eigenvalue weighted by Gasteiger charge is -2.32. The van der Waals surface area contributed by atoms with E-state index in [4.69, 9.17) is 0 Å². The van der Waals surface area contributed by atoms with E-state index in [1.165, 1.54) is 10.8 Å². The van der Waals surface area contributed by atoms with Crippen LogP contribution in [-0.4, -0.2) is 29.0 Å². The van der Waals surface area contributed by atoms with Crippen molar-refractivity contribution in [2.45, 2.75) is 19.4 Å². The number of hydrogen-bond donors (Lipinski definition) is 1. The second kappa shape index (κ2) is 7.52. The number of carbonyl (C=O) groups is 1. The van der Waals surface area contributed by atoms with Crippen LogP contribution in [0.5, 0.6) is 0 Å². The zero-order valence-corrected chi connectivity index (χ0v) is 14.6. The van der Waals surface area contributed by atoms with E-state index in [-0.39, 0.29) is 11.8 Å². The first-order chi connectivity index (χ1) is 12.8. The SMILES string of the molecule is O=C(NCc1cccc2ccccc12)[C@H]1CCCN(c2cnccn2)C1. The molecule has 0 spiro atoms. The Morgan fingerprint density at radius 2 is 2.04 bits per heavy atom. The molecule has 1 amide bonds. The fraction of sp³-hybridized carbons (Fsp3) is 0.286. The molecule has 2 heterocycles. The first-order valence-electron chi connectivity index (χ1n) is 9.06. The third kappa shape index (κ3) is 3.52. The molecule has 2 aromatic carbocycles. The Hall–Kier alpha value is -2.95. The zero-order valence-electron chi connectivity index (χ0n) is 14.6. The van der Waals surface area contributed by atoms with Gasteiger partial charge in [-0.25, -0.2) is 4.98 Å². The lowest BCUT2D eigenvalue weighted by atomic mass is 9.97. The number of benzene rings is 2. The van der Waals surface area contributed by atoms with E-state index >= 15 is 0 Å². The average Bonchev–Trinajstić information content (AvgIpc) is 2.72. The average molecular weight is 346 g/mol. The van der Waals surface area contributed by atoms with Gasteiger partial charge in [0.25, 0.3) is 0 Å². The molecule has 1 saturated heterocycles. The van der Waals surface area contributed by atoms with Crippen LogP contribution < -0.4 is 10.2 Å². The first kappa shape index (κ1) is 16.5. The van der Waals surface area contributed by atoms with Gasteiger partial charge in [0.05, 0.1) is 12.1 Å². The second-order valence-electron chi connectivity index (χ2n) is 6.70. The van der Waals surface area contributed by atoms with E-state index in [1.807, 2.05) is 18.2 Å². The molecular weight excluding hydrogens is 324 g/mol. The minimum absolute atomic E-state index is 0.0132. The molecule has 1 N–H and O–H groups in total. The van der Waals surface area contributed by atoms with Crippen molar-refractivity contribution in [1.29, 1.82) is 0 Å². The Kier molecular flexibility index (Phi) is 4.78. The van der Waals surface area contributed by atoms with Gasteiger partial charge in [0.1, 0.15) is 5.82 Å². The van der Waals surface area contributed by atoms with Crippen LogP contribution in [0.15, 0.2) is 61.1 Å². The largest absolute Gasteiger partial charge is 0.355 e.